The maximum Gasteiger partial charge on any atom is 0.227 e. The first-order valence-corrected chi connectivity index (χ1v) is 8.49. The van der Waals surface area contributed by atoms with E-state index >= 15 is 0 Å². The van der Waals surface area contributed by atoms with Crippen LogP contribution in [0.4, 0.5) is 11.6 Å². The largest absolute Gasteiger partial charge is 0.324 e. The first-order valence-electron chi connectivity index (χ1n) is 8.49. The molecule has 0 saturated carbocycles. The molecule has 4 rings (SSSR count). The predicted octanol–water partition coefficient (Wildman–Crippen LogP) is 2.29. The van der Waals surface area contributed by atoms with Crippen molar-refractivity contribution in [3.63, 3.8) is 0 Å². The van der Waals surface area contributed by atoms with Crippen LogP contribution >= 0.6 is 0 Å². The molecule has 2 aliphatic rings. The van der Waals surface area contributed by atoms with Gasteiger partial charge in [0.2, 0.25) is 5.95 Å². The monoisotopic (exact) mass is 309 g/mol. The summed E-state index contributed by atoms with van der Waals surface area (Å²) in [4.78, 5) is 11.4. The summed E-state index contributed by atoms with van der Waals surface area (Å²) in [5.74, 6) is 0.666. The number of aromatic nitrogens is 2. The fourth-order valence-corrected chi connectivity index (χ4v) is 3.54. The molecule has 0 radical (unpaired) electrons. The number of hydrogen-bond acceptors (Lipinski definition) is 5. The minimum Gasteiger partial charge on any atom is -0.324 e. The van der Waals surface area contributed by atoms with Gasteiger partial charge >= 0.3 is 0 Å². The van der Waals surface area contributed by atoms with Gasteiger partial charge in [0.05, 0.1) is 0 Å². The summed E-state index contributed by atoms with van der Waals surface area (Å²) in [7, 11) is 0. The Labute approximate surface area is 137 Å². The zero-order chi connectivity index (χ0) is 15.6. The van der Waals surface area contributed by atoms with Crippen molar-refractivity contribution in [2.24, 2.45) is 0 Å². The molecular formula is C18H23N5. The Morgan fingerprint density at radius 2 is 2.13 bits per heavy atom. The summed E-state index contributed by atoms with van der Waals surface area (Å²) >= 11 is 0. The summed E-state index contributed by atoms with van der Waals surface area (Å²) in [6.45, 7) is 6.59. The molecule has 3 heterocycles. The quantitative estimate of drug-likeness (QED) is 0.911. The van der Waals surface area contributed by atoms with E-state index in [1.54, 1.807) is 0 Å². The van der Waals surface area contributed by atoms with E-state index in [4.69, 9.17) is 0 Å². The number of piperazine rings is 1. The number of hydrogen-bond donors (Lipinski definition) is 2. The van der Waals surface area contributed by atoms with Crippen molar-refractivity contribution in [3.05, 3.63) is 47.3 Å². The number of nitrogens with one attached hydrogen (secondary N) is 2. The molecule has 0 aliphatic carbocycles. The number of fused-ring (bicyclic) bond motifs is 3. The minimum absolute atomic E-state index is 0.529. The normalized spacial score (nSPS) is 20.7. The topological polar surface area (TPSA) is 53.1 Å². The van der Waals surface area contributed by atoms with Gasteiger partial charge in [-0.05, 0) is 41.7 Å². The Morgan fingerprint density at radius 3 is 2.96 bits per heavy atom. The molecule has 2 aromatic rings. The van der Waals surface area contributed by atoms with E-state index in [1.165, 1.54) is 11.1 Å². The van der Waals surface area contributed by atoms with Crippen molar-refractivity contribution in [3.8, 4) is 0 Å². The van der Waals surface area contributed by atoms with Gasteiger partial charge in [0.25, 0.3) is 0 Å². The van der Waals surface area contributed by atoms with E-state index in [-0.39, 0.29) is 0 Å². The van der Waals surface area contributed by atoms with Crippen LogP contribution in [0.2, 0.25) is 0 Å². The molecule has 5 nitrogen and oxygen atoms in total. The zero-order valence-corrected chi connectivity index (χ0v) is 13.5. The maximum absolute atomic E-state index is 4.38. The Morgan fingerprint density at radius 1 is 1.26 bits per heavy atom. The average molecular weight is 309 g/mol. The van der Waals surface area contributed by atoms with Gasteiger partial charge in [-0.1, -0.05) is 13.0 Å². The van der Waals surface area contributed by atoms with Crippen LogP contribution in [0.5, 0.6) is 0 Å². The van der Waals surface area contributed by atoms with E-state index in [1.807, 2.05) is 12.4 Å². The van der Waals surface area contributed by atoms with E-state index in [9.17, 15) is 0 Å². The van der Waals surface area contributed by atoms with Crippen molar-refractivity contribution < 1.29 is 0 Å². The lowest BCUT2D eigenvalue weighted by Crippen LogP contribution is -2.48. The maximum atomic E-state index is 4.38. The molecule has 0 bridgehead atoms. The lowest BCUT2D eigenvalue weighted by Gasteiger charge is -2.41. The van der Waals surface area contributed by atoms with Crippen LogP contribution in [-0.4, -0.2) is 41.0 Å². The summed E-state index contributed by atoms with van der Waals surface area (Å²) in [5, 5.41) is 6.84. The SMILES string of the molecule is CCc1cnc(Nc2ccc3c(c2)CCN2CCNCC32)nc1. The molecular weight excluding hydrogens is 286 g/mol. The molecule has 1 aromatic carbocycles. The van der Waals surface area contributed by atoms with E-state index in [2.05, 4.69) is 50.6 Å². The van der Waals surface area contributed by atoms with Crippen molar-refractivity contribution >= 4 is 11.6 Å². The Hall–Kier alpha value is -1.98. The molecule has 5 heteroatoms. The van der Waals surface area contributed by atoms with E-state index < -0.39 is 0 Å². The number of anilines is 2. The molecule has 1 fully saturated rings. The van der Waals surface area contributed by atoms with Crippen LogP contribution < -0.4 is 10.6 Å². The van der Waals surface area contributed by atoms with Gasteiger partial charge in [-0.25, -0.2) is 9.97 Å². The third-order valence-electron chi connectivity index (χ3n) is 4.89. The number of nitrogens with zero attached hydrogens (tertiary/aromatic N) is 3. The van der Waals surface area contributed by atoms with Gasteiger partial charge < -0.3 is 10.6 Å². The molecule has 1 saturated heterocycles. The van der Waals surface area contributed by atoms with Gasteiger partial charge in [0, 0.05) is 50.3 Å². The van der Waals surface area contributed by atoms with Crippen LogP contribution in [-0.2, 0) is 12.8 Å². The fourth-order valence-electron chi connectivity index (χ4n) is 3.54. The first-order chi connectivity index (χ1) is 11.3. The molecule has 0 spiro atoms. The molecule has 1 unspecified atom stereocenters. The van der Waals surface area contributed by atoms with Gasteiger partial charge in [0.15, 0.2) is 0 Å². The second-order valence-electron chi connectivity index (χ2n) is 6.31. The van der Waals surface area contributed by atoms with Crippen LogP contribution in [0, 0.1) is 0 Å². The molecule has 1 aromatic heterocycles. The highest BCUT2D eigenvalue weighted by atomic mass is 15.2. The number of aryl methyl sites for hydroxylation is 1. The summed E-state index contributed by atoms with van der Waals surface area (Å²) < 4.78 is 0. The standard InChI is InChI=1S/C18H23N5/c1-2-13-10-20-18(21-11-13)22-15-3-4-16-14(9-15)5-7-23-8-6-19-12-17(16)23/h3-4,9-11,17,19H,2,5-8,12H2,1H3,(H,20,21,22). The zero-order valence-electron chi connectivity index (χ0n) is 13.5. The Bertz CT molecular complexity index is 682. The second kappa shape index (κ2) is 6.26. The van der Waals surface area contributed by atoms with Crippen LogP contribution in [0.25, 0.3) is 0 Å². The third kappa shape index (κ3) is 2.94. The van der Waals surface area contributed by atoms with Crippen molar-refractivity contribution in [1.82, 2.24) is 20.2 Å². The summed E-state index contributed by atoms with van der Waals surface area (Å²) in [5.41, 5.74) is 5.15. The molecule has 1 atom stereocenters. The lowest BCUT2D eigenvalue weighted by molar-refractivity contribution is 0.152. The molecule has 0 amide bonds. The van der Waals surface area contributed by atoms with Crippen molar-refractivity contribution in [2.45, 2.75) is 25.8 Å². The van der Waals surface area contributed by atoms with Gasteiger partial charge in [0.1, 0.15) is 0 Å². The number of rotatable bonds is 3. The smallest absolute Gasteiger partial charge is 0.227 e. The lowest BCUT2D eigenvalue weighted by atomic mass is 9.91. The Balaban J connectivity index is 1.55. The summed E-state index contributed by atoms with van der Waals surface area (Å²) in [6, 6.07) is 7.20. The molecule has 120 valence electrons. The minimum atomic E-state index is 0.529. The molecule has 2 aliphatic heterocycles. The van der Waals surface area contributed by atoms with Crippen molar-refractivity contribution in [1.29, 1.82) is 0 Å². The van der Waals surface area contributed by atoms with Crippen LogP contribution in [0.1, 0.15) is 29.7 Å². The first kappa shape index (κ1) is 14.6. The second-order valence-corrected chi connectivity index (χ2v) is 6.31. The van der Waals surface area contributed by atoms with Crippen LogP contribution in [0.3, 0.4) is 0 Å². The number of benzene rings is 1. The predicted molar refractivity (Wildman–Crippen MR) is 92.0 cm³/mol. The van der Waals surface area contributed by atoms with Crippen LogP contribution in [0.15, 0.2) is 30.6 Å². The molecule has 2 N–H and O–H groups in total. The van der Waals surface area contributed by atoms with Crippen molar-refractivity contribution in [2.75, 3.05) is 31.5 Å². The average Bonchev–Trinajstić information content (AvgIpc) is 2.62. The molecule has 23 heavy (non-hydrogen) atoms. The Kier molecular flexibility index (Phi) is 3.97. The highest BCUT2D eigenvalue weighted by Crippen LogP contribution is 2.32. The summed E-state index contributed by atoms with van der Waals surface area (Å²) in [6.07, 6.45) is 5.86. The van der Waals surface area contributed by atoms with Gasteiger partial charge in [-0.3, -0.25) is 4.90 Å². The highest BCUT2D eigenvalue weighted by Gasteiger charge is 2.29. The van der Waals surface area contributed by atoms with E-state index in [0.29, 0.717) is 12.0 Å². The van der Waals surface area contributed by atoms with E-state index in [0.717, 1.165) is 50.3 Å². The highest BCUT2D eigenvalue weighted by molar-refractivity contribution is 5.56. The third-order valence-corrected chi connectivity index (χ3v) is 4.89. The van der Waals surface area contributed by atoms with Gasteiger partial charge in [-0.15, -0.1) is 0 Å². The fraction of sp³-hybridized carbons (Fsp3) is 0.444. The van der Waals surface area contributed by atoms with Gasteiger partial charge in [-0.2, -0.15) is 0 Å².